The molecule has 18 heavy (non-hydrogen) atoms. The molecule has 4 heteroatoms. The predicted molar refractivity (Wildman–Crippen MR) is 71.4 cm³/mol. The van der Waals surface area contributed by atoms with E-state index in [0.717, 1.165) is 37.5 Å². The highest BCUT2D eigenvalue weighted by molar-refractivity contribution is 5.16. The van der Waals surface area contributed by atoms with Gasteiger partial charge in [-0.1, -0.05) is 13.8 Å². The summed E-state index contributed by atoms with van der Waals surface area (Å²) in [6, 6.07) is 0.482. The molecular weight excluding hydrogens is 226 g/mol. The quantitative estimate of drug-likeness (QED) is 0.867. The number of rotatable bonds is 5. The topological polar surface area (TPSA) is 47.0 Å². The van der Waals surface area contributed by atoms with Gasteiger partial charge in [0.25, 0.3) is 0 Å². The number of nitrogens with zero attached hydrogens (tertiary/aromatic N) is 2. The van der Waals surface area contributed by atoms with Crippen LogP contribution in [0.25, 0.3) is 0 Å². The van der Waals surface area contributed by atoms with Crippen LogP contribution < -0.4 is 5.32 Å². The second kappa shape index (κ2) is 6.25. The Hall–Kier alpha value is -1.00. The molecule has 1 N–H and O–H groups in total. The Morgan fingerprint density at radius 1 is 1.50 bits per heavy atom. The first-order valence-corrected chi connectivity index (χ1v) is 6.81. The maximum absolute atomic E-state index is 5.61. The second-order valence-electron chi connectivity index (χ2n) is 5.27. The number of aromatic nitrogens is 2. The van der Waals surface area contributed by atoms with Crippen molar-refractivity contribution in [1.29, 1.82) is 0 Å². The van der Waals surface area contributed by atoms with E-state index in [1.165, 1.54) is 12.0 Å². The molecule has 0 bridgehead atoms. The van der Waals surface area contributed by atoms with Crippen LogP contribution in [0, 0.1) is 6.92 Å². The van der Waals surface area contributed by atoms with Gasteiger partial charge in [-0.05, 0) is 19.8 Å². The first kappa shape index (κ1) is 13.4. The van der Waals surface area contributed by atoms with Crippen LogP contribution in [0.1, 0.15) is 43.8 Å². The van der Waals surface area contributed by atoms with Gasteiger partial charge in [-0.15, -0.1) is 0 Å². The molecule has 0 amide bonds. The largest absolute Gasteiger partial charge is 0.378 e. The fourth-order valence-electron chi connectivity index (χ4n) is 2.14. The molecule has 0 aliphatic carbocycles. The van der Waals surface area contributed by atoms with Gasteiger partial charge in [0.15, 0.2) is 0 Å². The highest BCUT2D eigenvalue weighted by Crippen LogP contribution is 2.16. The number of aryl methyl sites for hydroxylation is 1. The molecule has 1 aliphatic rings. The van der Waals surface area contributed by atoms with E-state index in [0.29, 0.717) is 12.1 Å². The summed E-state index contributed by atoms with van der Waals surface area (Å²) in [5.41, 5.74) is 2.26. The van der Waals surface area contributed by atoms with E-state index < -0.39 is 0 Å². The third kappa shape index (κ3) is 3.75. The summed E-state index contributed by atoms with van der Waals surface area (Å²) in [7, 11) is 0. The van der Waals surface area contributed by atoms with Crippen molar-refractivity contribution in [2.45, 2.75) is 58.7 Å². The normalized spacial score (nSPS) is 19.7. The molecule has 1 fully saturated rings. The van der Waals surface area contributed by atoms with Crippen molar-refractivity contribution >= 4 is 0 Å². The zero-order valence-electron chi connectivity index (χ0n) is 11.6. The number of hydrogen-bond donors (Lipinski definition) is 1. The van der Waals surface area contributed by atoms with E-state index in [1.54, 1.807) is 0 Å². The van der Waals surface area contributed by atoms with Gasteiger partial charge in [0, 0.05) is 43.1 Å². The SMILES string of the molecule is Cc1nc(CC2CCCO2)ncc1CNC(C)C. The molecule has 1 unspecified atom stereocenters. The van der Waals surface area contributed by atoms with Gasteiger partial charge in [-0.2, -0.15) is 0 Å². The second-order valence-corrected chi connectivity index (χ2v) is 5.27. The minimum Gasteiger partial charge on any atom is -0.378 e. The maximum atomic E-state index is 5.61. The summed E-state index contributed by atoms with van der Waals surface area (Å²) in [6.07, 6.45) is 5.42. The average molecular weight is 249 g/mol. The van der Waals surface area contributed by atoms with Crippen molar-refractivity contribution in [2.24, 2.45) is 0 Å². The zero-order chi connectivity index (χ0) is 13.0. The molecule has 1 aliphatic heterocycles. The van der Waals surface area contributed by atoms with Crippen molar-refractivity contribution in [3.05, 3.63) is 23.3 Å². The lowest BCUT2D eigenvalue weighted by Gasteiger charge is -2.12. The maximum Gasteiger partial charge on any atom is 0.131 e. The van der Waals surface area contributed by atoms with Crippen LogP contribution in [0.5, 0.6) is 0 Å². The Morgan fingerprint density at radius 3 is 2.94 bits per heavy atom. The lowest BCUT2D eigenvalue weighted by atomic mass is 10.1. The average Bonchev–Trinajstić information content (AvgIpc) is 2.80. The molecule has 100 valence electrons. The first-order chi connectivity index (χ1) is 8.65. The van der Waals surface area contributed by atoms with Crippen LogP contribution >= 0.6 is 0 Å². The van der Waals surface area contributed by atoms with Crippen molar-refractivity contribution < 1.29 is 4.74 Å². The Morgan fingerprint density at radius 2 is 2.33 bits per heavy atom. The minimum atomic E-state index is 0.323. The van der Waals surface area contributed by atoms with Gasteiger partial charge in [0.2, 0.25) is 0 Å². The lowest BCUT2D eigenvalue weighted by Crippen LogP contribution is -2.23. The first-order valence-electron chi connectivity index (χ1n) is 6.81. The van der Waals surface area contributed by atoms with Gasteiger partial charge in [0.1, 0.15) is 5.82 Å². The molecule has 1 atom stereocenters. The van der Waals surface area contributed by atoms with Crippen LogP contribution in [0.2, 0.25) is 0 Å². The van der Waals surface area contributed by atoms with E-state index >= 15 is 0 Å². The summed E-state index contributed by atoms with van der Waals surface area (Å²) in [5.74, 6) is 0.910. The molecule has 0 spiro atoms. The lowest BCUT2D eigenvalue weighted by molar-refractivity contribution is 0.110. The Balaban J connectivity index is 1.95. The Kier molecular flexibility index (Phi) is 4.66. The van der Waals surface area contributed by atoms with E-state index in [9.17, 15) is 0 Å². The van der Waals surface area contributed by atoms with Gasteiger partial charge in [-0.3, -0.25) is 0 Å². The smallest absolute Gasteiger partial charge is 0.131 e. The van der Waals surface area contributed by atoms with Crippen LogP contribution in [-0.2, 0) is 17.7 Å². The summed E-state index contributed by atoms with van der Waals surface area (Å²) in [4.78, 5) is 9.03. The molecular formula is C14H23N3O. The minimum absolute atomic E-state index is 0.323. The Labute approximate surface area is 109 Å². The highest BCUT2D eigenvalue weighted by Gasteiger charge is 2.17. The third-order valence-electron chi connectivity index (χ3n) is 3.27. The number of hydrogen-bond acceptors (Lipinski definition) is 4. The van der Waals surface area contributed by atoms with Crippen molar-refractivity contribution in [3.63, 3.8) is 0 Å². The predicted octanol–water partition coefficient (Wildman–Crippen LogP) is 2.00. The van der Waals surface area contributed by atoms with E-state index in [1.807, 2.05) is 6.20 Å². The molecule has 0 radical (unpaired) electrons. The molecule has 1 aromatic heterocycles. The molecule has 1 aromatic rings. The summed E-state index contributed by atoms with van der Waals surface area (Å²) in [5, 5.41) is 3.39. The molecule has 2 heterocycles. The van der Waals surface area contributed by atoms with Gasteiger partial charge in [0.05, 0.1) is 6.10 Å². The molecule has 0 saturated carbocycles. The third-order valence-corrected chi connectivity index (χ3v) is 3.27. The van der Waals surface area contributed by atoms with Crippen molar-refractivity contribution in [3.8, 4) is 0 Å². The van der Waals surface area contributed by atoms with Gasteiger partial charge < -0.3 is 10.1 Å². The summed E-state index contributed by atoms with van der Waals surface area (Å²) < 4.78 is 5.61. The number of nitrogens with one attached hydrogen (secondary N) is 1. The highest BCUT2D eigenvalue weighted by atomic mass is 16.5. The van der Waals surface area contributed by atoms with Crippen molar-refractivity contribution in [1.82, 2.24) is 15.3 Å². The molecule has 0 aromatic carbocycles. The Bertz CT molecular complexity index is 387. The standard InChI is InChI=1S/C14H23N3O/c1-10(2)15-8-12-9-16-14(17-11(12)3)7-13-5-4-6-18-13/h9-10,13,15H,4-8H2,1-3H3. The van der Waals surface area contributed by atoms with E-state index in [-0.39, 0.29) is 0 Å². The number of ether oxygens (including phenoxy) is 1. The van der Waals surface area contributed by atoms with Gasteiger partial charge in [-0.25, -0.2) is 9.97 Å². The van der Waals surface area contributed by atoms with Crippen molar-refractivity contribution in [2.75, 3.05) is 6.61 Å². The summed E-state index contributed by atoms with van der Waals surface area (Å²) in [6.45, 7) is 8.06. The molecule has 4 nitrogen and oxygen atoms in total. The van der Waals surface area contributed by atoms with E-state index in [4.69, 9.17) is 4.74 Å². The van der Waals surface area contributed by atoms with Crippen LogP contribution in [0.3, 0.4) is 0 Å². The molecule has 2 rings (SSSR count). The summed E-state index contributed by atoms with van der Waals surface area (Å²) >= 11 is 0. The monoisotopic (exact) mass is 249 g/mol. The molecule has 1 saturated heterocycles. The van der Waals surface area contributed by atoms with Crippen LogP contribution in [-0.4, -0.2) is 28.7 Å². The fourth-order valence-corrected chi connectivity index (χ4v) is 2.14. The van der Waals surface area contributed by atoms with Crippen LogP contribution in [0.4, 0.5) is 0 Å². The van der Waals surface area contributed by atoms with E-state index in [2.05, 4.69) is 36.1 Å². The van der Waals surface area contributed by atoms with Crippen LogP contribution in [0.15, 0.2) is 6.20 Å². The zero-order valence-corrected chi connectivity index (χ0v) is 11.6. The van der Waals surface area contributed by atoms with Gasteiger partial charge >= 0.3 is 0 Å². The fraction of sp³-hybridized carbons (Fsp3) is 0.714.